The lowest BCUT2D eigenvalue weighted by molar-refractivity contribution is -0.133. The SMILES string of the molecule is CN1CCN(c2ncc(NC3CCC(=O)NC3=O)cc2F)CC1. The molecule has 0 spiro atoms. The number of pyridine rings is 1. The van der Waals surface area contributed by atoms with Gasteiger partial charge in [0.1, 0.15) is 6.04 Å². The Hall–Kier alpha value is -2.22. The first kappa shape index (κ1) is 15.7. The highest BCUT2D eigenvalue weighted by Crippen LogP contribution is 2.22. The van der Waals surface area contributed by atoms with Gasteiger partial charge in [-0.25, -0.2) is 9.37 Å². The number of carbonyl (C=O) groups is 2. The summed E-state index contributed by atoms with van der Waals surface area (Å²) in [6.45, 7) is 3.22. The number of nitrogens with zero attached hydrogens (tertiary/aromatic N) is 3. The lowest BCUT2D eigenvalue weighted by Crippen LogP contribution is -2.47. The Kier molecular flexibility index (Phi) is 4.42. The van der Waals surface area contributed by atoms with Crippen LogP contribution < -0.4 is 15.5 Å². The van der Waals surface area contributed by atoms with Crippen LogP contribution in [-0.2, 0) is 9.59 Å². The smallest absolute Gasteiger partial charge is 0.249 e. The van der Waals surface area contributed by atoms with Gasteiger partial charge in [0.2, 0.25) is 11.8 Å². The molecule has 3 heterocycles. The first-order chi connectivity index (χ1) is 11.0. The molecule has 1 aromatic heterocycles. The molecule has 2 aliphatic heterocycles. The van der Waals surface area contributed by atoms with Crippen LogP contribution in [0.3, 0.4) is 0 Å². The minimum atomic E-state index is -0.539. The molecule has 0 aliphatic carbocycles. The topological polar surface area (TPSA) is 77.6 Å². The van der Waals surface area contributed by atoms with Gasteiger partial charge in [0, 0.05) is 38.7 Å². The number of aromatic nitrogens is 1. The number of halogens is 1. The van der Waals surface area contributed by atoms with Crippen LogP contribution in [0.1, 0.15) is 12.8 Å². The predicted molar refractivity (Wildman–Crippen MR) is 83.7 cm³/mol. The summed E-state index contributed by atoms with van der Waals surface area (Å²) in [6, 6.07) is 0.813. The van der Waals surface area contributed by atoms with Crippen LogP contribution >= 0.6 is 0 Å². The van der Waals surface area contributed by atoms with E-state index >= 15 is 0 Å². The summed E-state index contributed by atoms with van der Waals surface area (Å²) in [5.41, 5.74) is 0.440. The van der Waals surface area contributed by atoms with Gasteiger partial charge in [0.25, 0.3) is 0 Å². The number of nitrogens with one attached hydrogen (secondary N) is 2. The van der Waals surface area contributed by atoms with Crippen molar-refractivity contribution in [2.24, 2.45) is 0 Å². The lowest BCUT2D eigenvalue weighted by Gasteiger charge is -2.33. The molecule has 2 amide bonds. The van der Waals surface area contributed by atoms with Crippen LogP contribution in [0, 0.1) is 5.82 Å². The van der Waals surface area contributed by atoms with Crippen LogP contribution in [0.4, 0.5) is 15.9 Å². The fourth-order valence-corrected chi connectivity index (χ4v) is 2.79. The maximum Gasteiger partial charge on any atom is 0.249 e. The number of hydrogen-bond donors (Lipinski definition) is 2. The molecular formula is C15H20FN5O2. The van der Waals surface area contributed by atoms with Crippen LogP contribution in [0.15, 0.2) is 12.3 Å². The van der Waals surface area contributed by atoms with E-state index in [1.54, 1.807) is 0 Å². The van der Waals surface area contributed by atoms with Gasteiger partial charge in [-0.3, -0.25) is 14.9 Å². The molecule has 3 rings (SSSR count). The molecule has 1 aromatic rings. The normalized spacial score (nSPS) is 22.9. The third-order valence-corrected chi connectivity index (χ3v) is 4.20. The van der Waals surface area contributed by atoms with Gasteiger partial charge >= 0.3 is 0 Å². The van der Waals surface area contributed by atoms with E-state index in [0.717, 1.165) is 26.2 Å². The van der Waals surface area contributed by atoms with Gasteiger partial charge < -0.3 is 15.1 Å². The fourth-order valence-electron chi connectivity index (χ4n) is 2.79. The Morgan fingerprint density at radius 1 is 1.30 bits per heavy atom. The second kappa shape index (κ2) is 6.49. The van der Waals surface area contributed by atoms with E-state index < -0.39 is 11.9 Å². The second-order valence-corrected chi connectivity index (χ2v) is 5.97. The molecule has 0 bridgehead atoms. The van der Waals surface area contributed by atoms with E-state index in [-0.39, 0.29) is 18.2 Å². The zero-order valence-electron chi connectivity index (χ0n) is 13.0. The highest BCUT2D eigenvalue weighted by Gasteiger charge is 2.27. The number of rotatable bonds is 3. The van der Waals surface area contributed by atoms with Crippen molar-refractivity contribution in [1.29, 1.82) is 0 Å². The number of carbonyl (C=O) groups excluding carboxylic acids is 2. The summed E-state index contributed by atoms with van der Waals surface area (Å²) in [5, 5.41) is 5.20. The number of anilines is 2. The first-order valence-electron chi connectivity index (χ1n) is 7.72. The predicted octanol–water partition coefficient (Wildman–Crippen LogP) is 0.190. The van der Waals surface area contributed by atoms with E-state index in [1.165, 1.54) is 12.3 Å². The van der Waals surface area contributed by atoms with Gasteiger partial charge in [-0.1, -0.05) is 0 Å². The molecule has 7 nitrogen and oxygen atoms in total. The minimum Gasteiger partial charge on any atom is -0.372 e. The quantitative estimate of drug-likeness (QED) is 0.774. The largest absolute Gasteiger partial charge is 0.372 e. The van der Waals surface area contributed by atoms with E-state index in [0.29, 0.717) is 17.9 Å². The van der Waals surface area contributed by atoms with E-state index in [1.807, 2.05) is 11.9 Å². The van der Waals surface area contributed by atoms with Crippen molar-refractivity contribution in [3.63, 3.8) is 0 Å². The second-order valence-electron chi connectivity index (χ2n) is 5.97. The molecule has 23 heavy (non-hydrogen) atoms. The van der Waals surface area contributed by atoms with Crippen LogP contribution in [0.5, 0.6) is 0 Å². The molecule has 2 aliphatic rings. The number of hydrogen-bond acceptors (Lipinski definition) is 6. The Morgan fingerprint density at radius 3 is 2.70 bits per heavy atom. The van der Waals surface area contributed by atoms with Gasteiger partial charge in [-0.05, 0) is 13.5 Å². The molecule has 0 saturated carbocycles. The Labute approximate surface area is 133 Å². The summed E-state index contributed by atoms with van der Waals surface area (Å²) >= 11 is 0. The molecule has 2 saturated heterocycles. The standard InChI is InChI=1S/C15H20FN5O2/c1-20-4-6-21(7-5-20)14-11(16)8-10(9-17-14)18-12-2-3-13(22)19-15(12)23/h8-9,12,18H,2-7H2,1H3,(H,19,22,23). The molecule has 2 N–H and O–H groups in total. The van der Waals surface area contributed by atoms with Crippen LogP contribution in [0.2, 0.25) is 0 Å². The van der Waals surface area contributed by atoms with E-state index in [9.17, 15) is 14.0 Å². The van der Waals surface area contributed by atoms with E-state index in [4.69, 9.17) is 0 Å². The molecule has 8 heteroatoms. The monoisotopic (exact) mass is 321 g/mol. The number of imide groups is 1. The van der Waals surface area contributed by atoms with Gasteiger partial charge in [0.15, 0.2) is 11.6 Å². The Balaban J connectivity index is 1.67. The lowest BCUT2D eigenvalue weighted by atomic mass is 10.1. The van der Waals surface area contributed by atoms with Crippen molar-refractivity contribution in [2.45, 2.75) is 18.9 Å². The van der Waals surface area contributed by atoms with Gasteiger partial charge in [0.05, 0.1) is 11.9 Å². The molecular weight excluding hydrogens is 301 g/mol. The van der Waals surface area contributed by atoms with Crippen molar-refractivity contribution in [1.82, 2.24) is 15.2 Å². The molecule has 0 radical (unpaired) electrons. The highest BCUT2D eigenvalue weighted by atomic mass is 19.1. The van der Waals surface area contributed by atoms with Crippen molar-refractivity contribution < 1.29 is 14.0 Å². The highest BCUT2D eigenvalue weighted by molar-refractivity contribution is 6.01. The Bertz CT molecular complexity index is 616. The number of piperazine rings is 1. The third-order valence-electron chi connectivity index (χ3n) is 4.20. The minimum absolute atomic E-state index is 0.275. The fraction of sp³-hybridized carbons (Fsp3) is 0.533. The zero-order valence-corrected chi connectivity index (χ0v) is 13.0. The number of likely N-dealkylation sites (N-methyl/N-ethyl adjacent to an activating group) is 1. The van der Waals surface area contributed by atoms with Crippen molar-refractivity contribution >= 4 is 23.3 Å². The Morgan fingerprint density at radius 2 is 2.04 bits per heavy atom. The van der Waals surface area contributed by atoms with E-state index in [2.05, 4.69) is 20.5 Å². The zero-order chi connectivity index (χ0) is 16.4. The molecule has 1 unspecified atom stereocenters. The molecule has 0 aromatic carbocycles. The molecule has 2 fully saturated rings. The van der Waals surface area contributed by atoms with Gasteiger partial charge in [-0.2, -0.15) is 0 Å². The van der Waals surface area contributed by atoms with Gasteiger partial charge in [-0.15, -0.1) is 0 Å². The summed E-state index contributed by atoms with van der Waals surface area (Å²) < 4.78 is 14.3. The number of piperidine rings is 1. The molecule has 124 valence electrons. The number of amides is 2. The average molecular weight is 321 g/mol. The van der Waals surface area contributed by atoms with Crippen molar-refractivity contribution in [3.05, 3.63) is 18.1 Å². The van der Waals surface area contributed by atoms with Crippen molar-refractivity contribution in [2.75, 3.05) is 43.4 Å². The maximum atomic E-state index is 14.3. The summed E-state index contributed by atoms with van der Waals surface area (Å²) in [6.07, 6.45) is 2.20. The third kappa shape index (κ3) is 3.58. The summed E-state index contributed by atoms with van der Waals surface area (Å²) in [4.78, 5) is 31.2. The first-order valence-corrected chi connectivity index (χ1v) is 7.72. The average Bonchev–Trinajstić information content (AvgIpc) is 2.51. The summed E-state index contributed by atoms with van der Waals surface area (Å²) in [5.74, 6) is -0.730. The maximum absolute atomic E-state index is 14.3. The molecule has 1 atom stereocenters. The van der Waals surface area contributed by atoms with Crippen LogP contribution in [-0.4, -0.2) is 61.0 Å². The van der Waals surface area contributed by atoms with Crippen molar-refractivity contribution in [3.8, 4) is 0 Å². The summed E-state index contributed by atoms with van der Waals surface area (Å²) in [7, 11) is 2.04. The van der Waals surface area contributed by atoms with Crippen LogP contribution in [0.25, 0.3) is 0 Å².